The van der Waals surface area contributed by atoms with Gasteiger partial charge in [0.05, 0.1) is 24.5 Å². The molecule has 1 N–H and O–H groups in total. The highest BCUT2D eigenvalue weighted by Crippen LogP contribution is 2.60. The standard InChI is InChI=1S/C35H38FN5O4Si/c1-23-33(46(2,3)36)30(16-18-39-22-28(37-38-39)32(43)25-11-5-4-6-12-25)45-35(23)27-14-7-8-15-29(27)41(34(35)44)21-24-10-9-13-26(20-24)40-19-17-31(40)42/h4-15,20,22-23,30,32-33,43H,16-19,21H2,1-3H3/t23-,30+,32+,33-,35+/m0/s1. The molecule has 1 aromatic heterocycles. The molecule has 0 saturated carbocycles. The van der Waals surface area contributed by atoms with Gasteiger partial charge in [-0.1, -0.05) is 72.8 Å². The summed E-state index contributed by atoms with van der Waals surface area (Å²) in [4.78, 5) is 30.2. The van der Waals surface area contributed by atoms with Gasteiger partial charge >= 0.3 is 0 Å². The number of aromatic nitrogens is 3. The second-order valence-corrected chi connectivity index (χ2v) is 16.9. The van der Waals surface area contributed by atoms with E-state index in [2.05, 4.69) is 10.3 Å². The SMILES string of the molecule is C[C@H]1[C@H]([Si](C)(C)F)[C@@H](CCn2cc([C@H](O)c3ccccc3)nn2)O[C@]12C(=O)N(Cc1cccc(N3CCC3=O)c1)c1ccccc12. The number of carbonyl (C=O) groups is 2. The lowest BCUT2D eigenvalue weighted by Crippen LogP contribution is -2.45. The van der Waals surface area contributed by atoms with E-state index in [1.165, 1.54) is 0 Å². The van der Waals surface area contributed by atoms with Crippen LogP contribution in [-0.2, 0) is 33.0 Å². The number of β-lactam (4-membered cyclic amide) rings is 1. The zero-order valence-corrected chi connectivity index (χ0v) is 27.2. The van der Waals surface area contributed by atoms with Crippen LogP contribution < -0.4 is 9.80 Å². The molecule has 11 heteroatoms. The first kappa shape index (κ1) is 30.5. The Kier molecular flexibility index (Phi) is 7.65. The normalized spacial score (nSPS) is 24.8. The number of amides is 2. The maximum atomic E-state index is 16.2. The summed E-state index contributed by atoms with van der Waals surface area (Å²) in [6, 6.07) is 24.7. The quantitative estimate of drug-likeness (QED) is 0.147. The average molecular weight is 640 g/mol. The van der Waals surface area contributed by atoms with Gasteiger partial charge in [0.1, 0.15) is 11.8 Å². The van der Waals surface area contributed by atoms with Crippen molar-refractivity contribution in [2.45, 2.75) is 69.3 Å². The van der Waals surface area contributed by atoms with E-state index in [0.717, 1.165) is 28.1 Å². The molecule has 2 saturated heterocycles. The van der Waals surface area contributed by atoms with Crippen LogP contribution in [0.5, 0.6) is 0 Å². The number of aryl methyl sites for hydroxylation is 1. The Morgan fingerprint density at radius 1 is 1.07 bits per heavy atom. The number of para-hydroxylation sites is 1. The summed E-state index contributed by atoms with van der Waals surface area (Å²) in [5.41, 5.74) is 2.65. The lowest BCUT2D eigenvalue weighted by molar-refractivity contribution is -0.146. The van der Waals surface area contributed by atoms with Crippen molar-refractivity contribution in [3.05, 3.63) is 107 Å². The number of rotatable bonds is 9. The summed E-state index contributed by atoms with van der Waals surface area (Å²) in [5.74, 6) is -0.498. The van der Waals surface area contributed by atoms with Gasteiger partial charge in [-0.3, -0.25) is 14.3 Å². The molecule has 2 fully saturated rings. The summed E-state index contributed by atoms with van der Waals surface area (Å²) in [5, 5.41) is 19.2. The zero-order chi connectivity index (χ0) is 32.2. The molecule has 3 aromatic carbocycles. The highest BCUT2D eigenvalue weighted by Gasteiger charge is 2.66. The Morgan fingerprint density at radius 3 is 2.54 bits per heavy atom. The fourth-order valence-electron chi connectivity index (χ4n) is 7.64. The zero-order valence-electron chi connectivity index (χ0n) is 26.2. The van der Waals surface area contributed by atoms with Crippen molar-refractivity contribution in [2.24, 2.45) is 5.92 Å². The molecule has 7 rings (SSSR count). The van der Waals surface area contributed by atoms with Gasteiger partial charge in [-0.15, -0.1) is 5.10 Å². The van der Waals surface area contributed by atoms with Crippen molar-refractivity contribution >= 4 is 31.6 Å². The Morgan fingerprint density at radius 2 is 1.83 bits per heavy atom. The molecule has 4 heterocycles. The first-order valence-electron chi connectivity index (χ1n) is 15.9. The second-order valence-electron chi connectivity index (χ2n) is 13.2. The summed E-state index contributed by atoms with van der Waals surface area (Å²) in [6.07, 6.45) is 1.26. The number of halogens is 1. The maximum Gasteiger partial charge on any atom is 0.264 e. The van der Waals surface area contributed by atoms with E-state index < -0.39 is 37.7 Å². The average Bonchev–Trinajstić information content (AvgIpc) is 3.70. The van der Waals surface area contributed by atoms with Crippen molar-refractivity contribution in [1.82, 2.24) is 15.0 Å². The van der Waals surface area contributed by atoms with E-state index in [0.29, 0.717) is 38.2 Å². The summed E-state index contributed by atoms with van der Waals surface area (Å²) in [6.45, 7) is 6.73. The highest BCUT2D eigenvalue weighted by molar-refractivity contribution is 6.72. The van der Waals surface area contributed by atoms with E-state index in [4.69, 9.17) is 4.74 Å². The summed E-state index contributed by atoms with van der Waals surface area (Å²) in [7, 11) is -3.33. The molecular formula is C35H38FN5O4Si. The Balaban J connectivity index is 1.15. The third kappa shape index (κ3) is 5.06. The van der Waals surface area contributed by atoms with Crippen LogP contribution >= 0.6 is 0 Å². The van der Waals surface area contributed by atoms with Crippen molar-refractivity contribution < 1.29 is 23.5 Å². The van der Waals surface area contributed by atoms with Gasteiger partial charge in [-0.2, -0.15) is 0 Å². The number of nitrogens with zero attached hydrogens (tertiary/aromatic N) is 5. The smallest absolute Gasteiger partial charge is 0.264 e. The van der Waals surface area contributed by atoms with Gasteiger partial charge in [-0.25, -0.2) is 0 Å². The van der Waals surface area contributed by atoms with E-state index in [1.807, 2.05) is 85.8 Å². The molecule has 46 heavy (non-hydrogen) atoms. The number of carbonyl (C=O) groups excluding carboxylic acids is 2. The predicted octanol–water partition coefficient (Wildman–Crippen LogP) is 5.51. The number of hydrogen-bond donors (Lipinski definition) is 1. The monoisotopic (exact) mass is 639 g/mol. The molecule has 5 atom stereocenters. The number of aliphatic hydroxyl groups is 1. The van der Waals surface area contributed by atoms with E-state index >= 15 is 4.11 Å². The van der Waals surface area contributed by atoms with Crippen LogP contribution in [0.15, 0.2) is 85.1 Å². The first-order chi connectivity index (χ1) is 22.1. The topological polar surface area (TPSA) is 101 Å². The molecule has 2 amide bonds. The Labute approximate surface area is 268 Å². The van der Waals surface area contributed by atoms with Crippen molar-refractivity contribution in [1.29, 1.82) is 0 Å². The molecule has 0 radical (unpaired) electrons. The van der Waals surface area contributed by atoms with E-state index in [1.54, 1.807) is 33.8 Å². The Hall–Kier alpha value is -4.19. The molecule has 238 valence electrons. The first-order valence-corrected chi connectivity index (χ1v) is 18.8. The molecule has 1 spiro atoms. The van der Waals surface area contributed by atoms with Gasteiger partial charge in [-0.05, 0) is 48.8 Å². The third-order valence-electron chi connectivity index (χ3n) is 9.88. The second kappa shape index (κ2) is 11.6. The molecule has 0 bridgehead atoms. The van der Waals surface area contributed by atoms with Gasteiger partial charge in [0.2, 0.25) is 14.3 Å². The fourth-order valence-corrected chi connectivity index (χ4v) is 10.2. The van der Waals surface area contributed by atoms with Crippen LogP contribution in [0.25, 0.3) is 0 Å². The van der Waals surface area contributed by atoms with Crippen molar-refractivity contribution in [3.8, 4) is 0 Å². The minimum absolute atomic E-state index is 0.0939. The van der Waals surface area contributed by atoms with Crippen LogP contribution in [0.1, 0.15) is 48.3 Å². The Bertz CT molecular complexity index is 1780. The predicted molar refractivity (Wildman–Crippen MR) is 174 cm³/mol. The maximum absolute atomic E-state index is 16.2. The number of fused-ring (bicyclic) bond motifs is 2. The molecule has 3 aliphatic heterocycles. The van der Waals surface area contributed by atoms with E-state index in [-0.39, 0.29) is 11.8 Å². The molecule has 9 nitrogen and oxygen atoms in total. The highest BCUT2D eigenvalue weighted by atomic mass is 28.4. The largest absolute Gasteiger partial charge is 0.382 e. The van der Waals surface area contributed by atoms with Crippen LogP contribution in [0.2, 0.25) is 18.6 Å². The van der Waals surface area contributed by atoms with Gasteiger partial charge in [0.15, 0.2) is 5.60 Å². The lowest BCUT2D eigenvalue weighted by atomic mass is 9.82. The van der Waals surface area contributed by atoms with Crippen LogP contribution in [0, 0.1) is 5.92 Å². The van der Waals surface area contributed by atoms with Crippen LogP contribution in [0.4, 0.5) is 15.5 Å². The minimum Gasteiger partial charge on any atom is -0.382 e. The number of anilines is 2. The van der Waals surface area contributed by atoms with Gasteiger partial charge < -0.3 is 23.8 Å². The van der Waals surface area contributed by atoms with Crippen molar-refractivity contribution in [2.75, 3.05) is 16.3 Å². The summed E-state index contributed by atoms with van der Waals surface area (Å²) < 4.78 is 24.7. The van der Waals surface area contributed by atoms with E-state index in [9.17, 15) is 14.7 Å². The number of benzene rings is 3. The summed E-state index contributed by atoms with van der Waals surface area (Å²) >= 11 is 0. The van der Waals surface area contributed by atoms with Crippen LogP contribution in [-0.4, -0.2) is 53.0 Å². The molecule has 3 aliphatic rings. The number of hydrogen-bond acceptors (Lipinski definition) is 6. The number of aliphatic hydroxyl groups excluding tert-OH is 1. The fraction of sp³-hybridized carbons (Fsp3) is 0.371. The molecule has 0 aliphatic carbocycles. The third-order valence-corrected chi connectivity index (χ3v) is 12.3. The minimum atomic E-state index is -3.33. The van der Waals surface area contributed by atoms with Crippen LogP contribution in [0.3, 0.4) is 0 Å². The molecule has 4 aromatic rings. The molecule has 0 unspecified atom stereocenters. The molecular weight excluding hydrogens is 602 g/mol. The van der Waals surface area contributed by atoms with Gasteiger partial charge in [0, 0.05) is 42.2 Å². The number of ether oxygens (including phenoxy) is 1. The lowest BCUT2D eigenvalue weighted by Gasteiger charge is -2.32. The van der Waals surface area contributed by atoms with Crippen molar-refractivity contribution in [3.63, 3.8) is 0 Å². The van der Waals surface area contributed by atoms with Gasteiger partial charge in [0.25, 0.3) is 5.91 Å².